The van der Waals surface area contributed by atoms with Crippen LogP contribution >= 0.6 is 15.9 Å². The van der Waals surface area contributed by atoms with Gasteiger partial charge in [0, 0.05) is 19.7 Å². The van der Waals surface area contributed by atoms with Gasteiger partial charge in [0.05, 0.1) is 30.4 Å². The fourth-order valence-electron chi connectivity index (χ4n) is 1.53. The molecule has 1 rings (SSSR count). The molecule has 0 heterocycles. The monoisotopic (exact) mass is 355 g/mol. The Morgan fingerprint density at radius 2 is 2.29 bits per heavy atom. The van der Waals surface area contributed by atoms with Gasteiger partial charge in [-0.25, -0.2) is 0 Å². The van der Waals surface area contributed by atoms with Gasteiger partial charge in [0.1, 0.15) is 10.2 Å². The van der Waals surface area contributed by atoms with E-state index in [-0.39, 0.29) is 35.5 Å². The molecular weight excluding hydrogens is 342 g/mol. The first-order valence-electron chi connectivity index (χ1n) is 6.14. The number of halogens is 1. The number of amides is 1. The topological polar surface area (TPSA) is 96.5 Å². The SMILES string of the molecule is CN(CCC#N)C(=O)CCOc1cccc([N+](=O)[O-])c1Br. The van der Waals surface area contributed by atoms with E-state index >= 15 is 0 Å². The summed E-state index contributed by atoms with van der Waals surface area (Å²) in [5.41, 5.74) is -0.0926. The average molecular weight is 356 g/mol. The predicted molar refractivity (Wildman–Crippen MR) is 78.8 cm³/mol. The van der Waals surface area contributed by atoms with Crippen LogP contribution in [-0.4, -0.2) is 35.9 Å². The van der Waals surface area contributed by atoms with Gasteiger partial charge in [-0.2, -0.15) is 5.26 Å². The van der Waals surface area contributed by atoms with E-state index in [9.17, 15) is 14.9 Å². The van der Waals surface area contributed by atoms with E-state index in [4.69, 9.17) is 10.00 Å². The number of nitrogens with zero attached hydrogens (tertiary/aromatic N) is 3. The lowest BCUT2D eigenvalue weighted by Crippen LogP contribution is -2.28. The van der Waals surface area contributed by atoms with Crippen LogP contribution in [0.2, 0.25) is 0 Å². The van der Waals surface area contributed by atoms with E-state index < -0.39 is 4.92 Å². The van der Waals surface area contributed by atoms with E-state index in [1.165, 1.54) is 17.0 Å². The van der Waals surface area contributed by atoms with E-state index in [0.29, 0.717) is 12.3 Å². The van der Waals surface area contributed by atoms with Gasteiger partial charge in [-0.3, -0.25) is 14.9 Å². The van der Waals surface area contributed by atoms with Crippen LogP contribution < -0.4 is 4.74 Å². The quantitative estimate of drug-likeness (QED) is 0.552. The van der Waals surface area contributed by atoms with Gasteiger partial charge < -0.3 is 9.64 Å². The summed E-state index contributed by atoms with van der Waals surface area (Å²) in [5, 5.41) is 19.2. The molecule has 0 atom stereocenters. The summed E-state index contributed by atoms with van der Waals surface area (Å²) in [7, 11) is 1.61. The normalized spacial score (nSPS) is 9.76. The fraction of sp³-hybridized carbons (Fsp3) is 0.385. The highest BCUT2D eigenvalue weighted by Gasteiger charge is 2.16. The molecule has 0 bridgehead atoms. The number of ether oxygens (including phenoxy) is 1. The van der Waals surface area contributed by atoms with Crippen molar-refractivity contribution in [2.24, 2.45) is 0 Å². The molecule has 0 fully saturated rings. The molecule has 0 spiro atoms. The zero-order valence-corrected chi connectivity index (χ0v) is 13.0. The largest absolute Gasteiger partial charge is 0.492 e. The van der Waals surface area contributed by atoms with E-state index in [0.717, 1.165) is 0 Å². The molecule has 7 nitrogen and oxygen atoms in total. The zero-order valence-electron chi connectivity index (χ0n) is 11.4. The molecule has 0 aliphatic rings. The first-order chi connectivity index (χ1) is 9.97. The molecule has 112 valence electrons. The molecule has 0 aromatic heterocycles. The molecule has 1 amide bonds. The van der Waals surface area contributed by atoms with Gasteiger partial charge >= 0.3 is 0 Å². The second-order valence-electron chi connectivity index (χ2n) is 4.17. The number of carbonyl (C=O) groups is 1. The number of hydrogen-bond acceptors (Lipinski definition) is 5. The van der Waals surface area contributed by atoms with Crippen molar-refractivity contribution in [3.05, 3.63) is 32.8 Å². The molecule has 0 saturated heterocycles. The van der Waals surface area contributed by atoms with Crippen molar-refractivity contribution in [2.45, 2.75) is 12.8 Å². The molecule has 0 aliphatic heterocycles. The van der Waals surface area contributed by atoms with Crippen molar-refractivity contribution in [2.75, 3.05) is 20.2 Å². The molecule has 0 N–H and O–H groups in total. The number of hydrogen-bond donors (Lipinski definition) is 0. The third kappa shape index (κ3) is 5.04. The lowest BCUT2D eigenvalue weighted by molar-refractivity contribution is -0.385. The van der Waals surface area contributed by atoms with E-state index in [2.05, 4.69) is 15.9 Å². The highest BCUT2D eigenvalue weighted by Crippen LogP contribution is 2.33. The zero-order chi connectivity index (χ0) is 15.8. The number of rotatable bonds is 7. The Labute approximate surface area is 130 Å². The number of benzene rings is 1. The molecule has 1 aromatic carbocycles. The molecule has 0 saturated carbocycles. The molecular formula is C13H14BrN3O4. The van der Waals surface area contributed by atoms with Crippen LogP contribution in [0, 0.1) is 21.4 Å². The van der Waals surface area contributed by atoms with Gasteiger partial charge in [-0.15, -0.1) is 0 Å². The Morgan fingerprint density at radius 3 is 2.90 bits per heavy atom. The maximum atomic E-state index is 11.7. The Hall–Kier alpha value is -2.14. The minimum atomic E-state index is -0.516. The Balaban J connectivity index is 2.53. The molecule has 0 radical (unpaired) electrons. The van der Waals surface area contributed by atoms with Gasteiger partial charge in [0.25, 0.3) is 5.69 Å². The van der Waals surface area contributed by atoms with Crippen molar-refractivity contribution >= 4 is 27.5 Å². The molecule has 1 aromatic rings. The highest BCUT2D eigenvalue weighted by atomic mass is 79.9. The van der Waals surface area contributed by atoms with Gasteiger partial charge in [-0.05, 0) is 22.0 Å². The molecule has 0 aliphatic carbocycles. The standard InChI is InChI=1S/C13H14BrN3O4/c1-16(8-3-7-15)12(18)6-9-21-11-5-2-4-10(13(11)14)17(19)20/h2,4-5H,3,6,8-9H2,1H3. The van der Waals surface area contributed by atoms with Crippen LogP contribution in [-0.2, 0) is 4.79 Å². The molecule has 8 heteroatoms. The van der Waals surface area contributed by atoms with Crippen LogP contribution in [0.1, 0.15) is 12.8 Å². The maximum absolute atomic E-state index is 11.7. The number of nitriles is 1. The van der Waals surface area contributed by atoms with Crippen LogP contribution in [0.3, 0.4) is 0 Å². The van der Waals surface area contributed by atoms with Gasteiger partial charge in [-0.1, -0.05) is 6.07 Å². The smallest absolute Gasteiger partial charge is 0.287 e. The Bertz CT molecular complexity index is 571. The van der Waals surface area contributed by atoms with E-state index in [1.54, 1.807) is 13.1 Å². The second-order valence-corrected chi connectivity index (χ2v) is 4.96. The van der Waals surface area contributed by atoms with Crippen LogP contribution in [0.5, 0.6) is 5.75 Å². The summed E-state index contributed by atoms with van der Waals surface area (Å²) in [6.45, 7) is 0.478. The molecule has 0 unspecified atom stereocenters. The van der Waals surface area contributed by atoms with Crippen LogP contribution in [0.15, 0.2) is 22.7 Å². The summed E-state index contributed by atoms with van der Waals surface area (Å²) in [4.78, 5) is 23.4. The van der Waals surface area contributed by atoms with Crippen molar-refractivity contribution < 1.29 is 14.5 Å². The fourth-order valence-corrected chi connectivity index (χ4v) is 2.06. The summed E-state index contributed by atoms with van der Waals surface area (Å²) >= 11 is 3.11. The third-order valence-corrected chi connectivity index (χ3v) is 3.49. The van der Waals surface area contributed by atoms with E-state index in [1.807, 2.05) is 6.07 Å². The van der Waals surface area contributed by atoms with Crippen LogP contribution in [0.25, 0.3) is 0 Å². The lowest BCUT2D eigenvalue weighted by Gasteiger charge is -2.15. The highest BCUT2D eigenvalue weighted by molar-refractivity contribution is 9.10. The number of nitro groups is 1. The Morgan fingerprint density at radius 1 is 1.57 bits per heavy atom. The first-order valence-corrected chi connectivity index (χ1v) is 6.93. The van der Waals surface area contributed by atoms with Crippen molar-refractivity contribution in [3.63, 3.8) is 0 Å². The van der Waals surface area contributed by atoms with Gasteiger partial charge in [0.2, 0.25) is 5.91 Å². The maximum Gasteiger partial charge on any atom is 0.287 e. The third-order valence-electron chi connectivity index (χ3n) is 2.70. The first kappa shape index (κ1) is 16.9. The van der Waals surface area contributed by atoms with Gasteiger partial charge in [0.15, 0.2) is 0 Å². The van der Waals surface area contributed by atoms with Crippen molar-refractivity contribution in [3.8, 4) is 11.8 Å². The van der Waals surface area contributed by atoms with Crippen molar-refractivity contribution in [1.29, 1.82) is 5.26 Å². The minimum Gasteiger partial charge on any atom is -0.492 e. The predicted octanol–water partition coefficient (Wildman–Crippen LogP) is 2.50. The summed E-state index contributed by atoms with van der Waals surface area (Å²) in [6.07, 6.45) is 0.413. The Kier molecular flexibility index (Phi) is 6.62. The average Bonchev–Trinajstić information content (AvgIpc) is 2.45. The summed E-state index contributed by atoms with van der Waals surface area (Å²) in [6, 6.07) is 6.42. The number of nitro benzene ring substituents is 1. The van der Waals surface area contributed by atoms with Crippen LogP contribution in [0.4, 0.5) is 5.69 Å². The molecule has 21 heavy (non-hydrogen) atoms. The second kappa shape index (κ2) is 8.21. The lowest BCUT2D eigenvalue weighted by atomic mass is 10.3. The summed E-state index contributed by atoms with van der Waals surface area (Å²) in [5.74, 6) is 0.170. The van der Waals surface area contributed by atoms with Crippen molar-refractivity contribution in [1.82, 2.24) is 4.90 Å². The minimum absolute atomic E-state index is 0.0926. The number of carbonyl (C=O) groups excluding carboxylic acids is 1. The summed E-state index contributed by atoms with van der Waals surface area (Å²) < 4.78 is 5.64.